The summed E-state index contributed by atoms with van der Waals surface area (Å²) in [4.78, 5) is 29.6. The molecule has 1 aromatic carbocycles. The van der Waals surface area contributed by atoms with E-state index in [1.165, 1.54) is 0 Å². The number of aromatic amines is 1. The number of rotatable bonds is 3. The summed E-state index contributed by atoms with van der Waals surface area (Å²) in [5.74, 6) is 2.00. The zero-order valence-electron chi connectivity index (χ0n) is 16.7. The van der Waals surface area contributed by atoms with Crippen molar-refractivity contribution in [2.24, 2.45) is 0 Å². The number of aryl methyl sites for hydroxylation is 1. The number of carbonyl (C=O) groups excluding carboxylic acids is 1. The second kappa shape index (κ2) is 7.95. The highest BCUT2D eigenvalue weighted by Gasteiger charge is 2.26. The molecule has 4 rings (SSSR count). The van der Waals surface area contributed by atoms with Crippen LogP contribution in [0, 0.1) is 6.92 Å². The minimum atomic E-state index is -0.0660. The Bertz CT molecular complexity index is 1070. The highest BCUT2D eigenvalue weighted by atomic mass is 79.9. The van der Waals surface area contributed by atoms with Crippen molar-refractivity contribution in [3.63, 3.8) is 0 Å². The van der Waals surface area contributed by atoms with Crippen molar-refractivity contribution in [3.8, 4) is 0 Å². The van der Waals surface area contributed by atoms with Crippen molar-refractivity contribution in [2.75, 3.05) is 31.1 Å². The number of halogens is 2. The molecule has 1 aliphatic rings. The van der Waals surface area contributed by atoms with Crippen LogP contribution < -0.4 is 4.90 Å². The number of anilines is 1. The molecule has 1 fully saturated rings. The van der Waals surface area contributed by atoms with Gasteiger partial charge >= 0.3 is 0 Å². The summed E-state index contributed by atoms with van der Waals surface area (Å²) in [6, 6.07) is 7.78. The van der Waals surface area contributed by atoms with Gasteiger partial charge in [-0.05, 0) is 25.1 Å². The van der Waals surface area contributed by atoms with Crippen LogP contribution in [-0.2, 0) is 0 Å². The third-order valence-electron chi connectivity index (χ3n) is 5.18. The Morgan fingerprint density at radius 2 is 1.90 bits per heavy atom. The normalized spacial score (nSPS) is 14.8. The lowest BCUT2D eigenvalue weighted by Crippen LogP contribution is -2.49. The lowest BCUT2D eigenvalue weighted by Gasteiger charge is -2.35. The molecule has 1 saturated heterocycles. The van der Waals surface area contributed by atoms with Crippen molar-refractivity contribution in [3.05, 3.63) is 51.0 Å². The number of benzene rings is 1. The van der Waals surface area contributed by atoms with Crippen LogP contribution in [0.4, 0.5) is 5.82 Å². The molecule has 152 valence electrons. The molecule has 0 unspecified atom stereocenters. The van der Waals surface area contributed by atoms with Gasteiger partial charge in [0.15, 0.2) is 0 Å². The maximum Gasteiger partial charge on any atom is 0.271 e. The van der Waals surface area contributed by atoms with Gasteiger partial charge in [-0.15, -0.1) is 0 Å². The predicted octanol–water partition coefficient (Wildman–Crippen LogP) is 4.77. The third-order valence-corrected chi connectivity index (χ3v) is 6.06. The molecule has 3 heterocycles. The van der Waals surface area contributed by atoms with Crippen LogP contribution in [0.15, 0.2) is 28.7 Å². The number of amides is 1. The minimum absolute atomic E-state index is 0.0660. The highest BCUT2D eigenvalue weighted by molar-refractivity contribution is 9.10. The Morgan fingerprint density at radius 3 is 2.59 bits per heavy atom. The smallest absolute Gasteiger partial charge is 0.271 e. The first kappa shape index (κ1) is 20.2. The summed E-state index contributed by atoms with van der Waals surface area (Å²) in [6.45, 7) is 8.87. The first-order chi connectivity index (χ1) is 13.8. The average molecular weight is 477 g/mol. The van der Waals surface area contributed by atoms with Gasteiger partial charge in [0.2, 0.25) is 0 Å². The van der Waals surface area contributed by atoms with Crippen molar-refractivity contribution in [1.82, 2.24) is 19.9 Å². The van der Waals surface area contributed by atoms with E-state index in [4.69, 9.17) is 16.6 Å². The Balaban J connectivity index is 1.50. The van der Waals surface area contributed by atoms with Crippen LogP contribution in [0.5, 0.6) is 0 Å². The molecule has 0 atom stereocenters. The van der Waals surface area contributed by atoms with Gasteiger partial charge < -0.3 is 14.8 Å². The lowest BCUT2D eigenvalue weighted by molar-refractivity contribution is 0.0741. The zero-order chi connectivity index (χ0) is 20.7. The van der Waals surface area contributed by atoms with Gasteiger partial charge in [-0.2, -0.15) is 0 Å². The molecule has 3 aromatic rings. The van der Waals surface area contributed by atoms with E-state index >= 15 is 0 Å². The van der Waals surface area contributed by atoms with Crippen LogP contribution in [0.25, 0.3) is 10.9 Å². The number of H-pyrrole nitrogens is 1. The van der Waals surface area contributed by atoms with Gasteiger partial charge in [-0.25, -0.2) is 9.97 Å². The Kier molecular flexibility index (Phi) is 5.53. The molecule has 1 amide bonds. The highest BCUT2D eigenvalue weighted by Crippen LogP contribution is 2.31. The average Bonchev–Trinajstić information content (AvgIpc) is 3.03. The van der Waals surface area contributed by atoms with Crippen LogP contribution in [-0.4, -0.2) is 51.9 Å². The molecule has 0 bridgehead atoms. The van der Waals surface area contributed by atoms with Crippen LogP contribution in [0.2, 0.25) is 5.02 Å². The molecule has 2 aromatic heterocycles. The maximum absolute atomic E-state index is 13.1. The van der Waals surface area contributed by atoms with E-state index in [9.17, 15) is 4.79 Å². The van der Waals surface area contributed by atoms with Crippen LogP contribution in [0.1, 0.15) is 41.8 Å². The molecule has 1 N–H and O–H groups in total. The Hall–Kier alpha value is -2.12. The van der Waals surface area contributed by atoms with Gasteiger partial charge in [-0.3, -0.25) is 4.79 Å². The molecular weight excluding hydrogens is 454 g/mol. The number of carbonyl (C=O) groups is 1. The van der Waals surface area contributed by atoms with E-state index in [2.05, 4.69) is 44.6 Å². The monoisotopic (exact) mass is 475 g/mol. The lowest BCUT2D eigenvalue weighted by atomic mass is 10.2. The third kappa shape index (κ3) is 3.98. The molecule has 6 nitrogen and oxygen atoms in total. The molecule has 29 heavy (non-hydrogen) atoms. The quantitative estimate of drug-likeness (QED) is 0.591. The summed E-state index contributed by atoms with van der Waals surface area (Å²) >= 11 is 9.96. The Labute approximate surface area is 183 Å². The molecule has 0 radical (unpaired) electrons. The van der Waals surface area contributed by atoms with Gasteiger partial charge in [0.25, 0.3) is 5.91 Å². The van der Waals surface area contributed by atoms with Gasteiger partial charge in [0, 0.05) is 59.2 Å². The second-order valence-electron chi connectivity index (χ2n) is 7.66. The number of nitrogens with zero attached hydrogens (tertiary/aromatic N) is 4. The van der Waals surface area contributed by atoms with E-state index < -0.39 is 0 Å². The molecule has 8 heteroatoms. The maximum atomic E-state index is 13.1. The summed E-state index contributed by atoms with van der Waals surface area (Å²) in [7, 11) is 0. The molecule has 1 aliphatic heterocycles. The fourth-order valence-corrected chi connectivity index (χ4v) is 4.22. The number of fused-ring (bicyclic) bond motifs is 1. The number of aromatic nitrogens is 3. The van der Waals surface area contributed by atoms with Crippen LogP contribution in [0.3, 0.4) is 0 Å². The second-order valence-corrected chi connectivity index (χ2v) is 8.96. The van der Waals surface area contributed by atoms with E-state index in [1.807, 2.05) is 36.1 Å². The largest absolute Gasteiger partial charge is 0.353 e. The topological polar surface area (TPSA) is 65.1 Å². The minimum Gasteiger partial charge on any atom is -0.353 e. The first-order valence-corrected chi connectivity index (χ1v) is 10.9. The van der Waals surface area contributed by atoms with Gasteiger partial charge in [0.1, 0.15) is 17.3 Å². The number of nitrogens with one attached hydrogen (secondary N) is 1. The van der Waals surface area contributed by atoms with Gasteiger partial charge in [-0.1, -0.05) is 41.4 Å². The molecule has 0 spiro atoms. The number of hydrogen-bond donors (Lipinski definition) is 1. The molecule has 0 aliphatic carbocycles. The van der Waals surface area contributed by atoms with Crippen LogP contribution >= 0.6 is 27.5 Å². The van der Waals surface area contributed by atoms with Crippen molar-refractivity contribution >= 4 is 50.2 Å². The van der Waals surface area contributed by atoms with Crippen molar-refractivity contribution < 1.29 is 4.79 Å². The summed E-state index contributed by atoms with van der Waals surface area (Å²) < 4.78 is 0.930. The number of hydrogen-bond acceptors (Lipinski definition) is 4. The standard InChI is InChI=1S/C21H23BrClN5O/c1-12(2)20-24-13(3)10-17(26-20)27-6-8-28(9-7-27)21(29)19-18(23)15-11-14(22)4-5-16(15)25-19/h4-5,10-12,25H,6-9H2,1-3H3. The summed E-state index contributed by atoms with van der Waals surface area (Å²) in [5, 5.41) is 1.32. The SMILES string of the molecule is Cc1cc(N2CCN(C(=O)c3[nH]c4ccc(Br)cc4c3Cl)CC2)nc(C(C)C)n1. The van der Waals surface area contributed by atoms with Crippen molar-refractivity contribution in [2.45, 2.75) is 26.7 Å². The first-order valence-electron chi connectivity index (χ1n) is 9.70. The van der Waals surface area contributed by atoms with E-state index in [0.29, 0.717) is 23.8 Å². The van der Waals surface area contributed by atoms with Gasteiger partial charge in [0.05, 0.1) is 5.02 Å². The van der Waals surface area contributed by atoms with E-state index in [0.717, 1.165) is 45.8 Å². The number of piperazine rings is 1. The zero-order valence-corrected chi connectivity index (χ0v) is 19.0. The predicted molar refractivity (Wildman–Crippen MR) is 120 cm³/mol. The molecular formula is C21H23BrClN5O. The Morgan fingerprint density at radius 1 is 1.17 bits per heavy atom. The van der Waals surface area contributed by atoms with Crippen molar-refractivity contribution in [1.29, 1.82) is 0 Å². The summed E-state index contributed by atoms with van der Waals surface area (Å²) in [6.07, 6.45) is 0. The fourth-order valence-electron chi connectivity index (χ4n) is 3.57. The fraction of sp³-hybridized carbons (Fsp3) is 0.381. The molecule has 0 saturated carbocycles. The van der Waals surface area contributed by atoms with E-state index in [-0.39, 0.29) is 11.8 Å². The summed E-state index contributed by atoms with van der Waals surface area (Å²) in [5.41, 5.74) is 2.28. The van der Waals surface area contributed by atoms with E-state index in [1.54, 1.807) is 0 Å².